The van der Waals surface area contributed by atoms with E-state index in [-0.39, 0.29) is 12.1 Å². The van der Waals surface area contributed by atoms with Gasteiger partial charge in [-0.3, -0.25) is 4.99 Å². The van der Waals surface area contributed by atoms with Crippen molar-refractivity contribution in [3.63, 3.8) is 0 Å². The molecule has 2 N–H and O–H groups in total. The second-order valence-corrected chi connectivity index (χ2v) is 5.50. The van der Waals surface area contributed by atoms with Gasteiger partial charge in [0.05, 0.1) is 17.6 Å². The molecule has 2 rings (SSSR count). The zero-order chi connectivity index (χ0) is 14.9. The van der Waals surface area contributed by atoms with Crippen LogP contribution in [0.15, 0.2) is 23.2 Å². The molecule has 0 saturated heterocycles. The van der Waals surface area contributed by atoms with E-state index in [4.69, 9.17) is 5.73 Å². The van der Waals surface area contributed by atoms with Crippen LogP contribution in [0.5, 0.6) is 0 Å². The maximum absolute atomic E-state index is 14.1. The second-order valence-electron chi connectivity index (χ2n) is 5.50. The van der Waals surface area contributed by atoms with Crippen LogP contribution in [-0.4, -0.2) is 49.5 Å². The predicted octanol–water partition coefficient (Wildman–Crippen LogP) is 1.37. The fraction of sp³-hybridized carbons (Fsp3) is 0.500. The molecule has 1 aliphatic heterocycles. The molecule has 0 aliphatic carbocycles. The van der Waals surface area contributed by atoms with Gasteiger partial charge in [0.1, 0.15) is 11.6 Å². The number of rotatable bonds is 4. The molecule has 1 aromatic carbocycles. The number of hydrogen-bond acceptors (Lipinski definition) is 4. The molecule has 4 nitrogen and oxygen atoms in total. The first kappa shape index (κ1) is 14.7. The van der Waals surface area contributed by atoms with Gasteiger partial charge in [-0.05, 0) is 33.2 Å². The van der Waals surface area contributed by atoms with Gasteiger partial charge in [-0.25, -0.2) is 8.78 Å². The van der Waals surface area contributed by atoms with Crippen molar-refractivity contribution in [2.45, 2.75) is 12.5 Å². The lowest BCUT2D eigenvalue weighted by molar-refractivity contribution is 0.194. The minimum Gasteiger partial charge on any atom is -0.370 e. The largest absolute Gasteiger partial charge is 0.370 e. The minimum atomic E-state index is -0.879. The summed E-state index contributed by atoms with van der Waals surface area (Å²) in [4.78, 5) is 7.94. The van der Waals surface area contributed by atoms with Gasteiger partial charge in [0.2, 0.25) is 0 Å². The lowest BCUT2D eigenvalue weighted by atomic mass is 9.90. The molecule has 0 fully saturated rings. The van der Waals surface area contributed by atoms with E-state index in [9.17, 15) is 8.78 Å². The first-order valence-electron chi connectivity index (χ1n) is 6.53. The highest BCUT2D eigenvalue weighted by atomic mass is 19.1. The van der Waals surface area contributed by atoms with E-state index in [1.54, 1.807) is 11.8 Å². The van der Waals surface area contributed by atoms with Crippen LogP contribution in [0.1, 0.15) is 12.5 Å². The number of hydrogen-bond donors (Lipinski definition) is 1. The van der Waals surface area contributed by atoms with Crippen molar-refractivity contribution < 1.29 is 8.78 Å². The summed E-state index contributed by atoms with van der Waals surface area (Å²) < 4.78 is 28.2. The highest BCUT2D eigenvalue weighted by molar-refractivity contribution is 5.81. The average Bonchev–Trinajstić information content (AvgIpc) is 2.63. The van der Waals surface area contributed by atoms with Gasteiger partial charge < -0.3 is 15.5 Å². The first-order chi connectivity index (χ1) is 9.36. The van der Waals surface area contributed by atoms with Crippen molar-refractivity contribution in [2.24, 2.45) is 10.7 Å². The van der Waals surface area contributed by atoms with Crippen LogP contribution >= 0.6 is 0 Å². The summed E-state index contributed by atoms with van der Waals surface area (Å²) >= 11 is 0. The summed E-state index contributed by atoms with van der Waals surface area (Å²) in [5, 5.41) is 0. The molecule has 20 heavy (non-hydrogen) atoms. The molecule has 1 aliphatic rings. The maximum Gasteiger partial charge on any atom is 0.192 e. The molecule has 0 aromatic heterocycles. The standard InChI is InChI=1S/C14H20F2N4/c1-14(12-10(15)5-4-6-11(12)16)9-18-13(17)20(14)8-7-19(2)3/h4-6H,7-9H2,1-3H3,(H2,17,18). The number of aliphatic imine (C=N–C) groups is 1. The fourth-order valence-corrected chi connectivity index (χ4v) is 2.55. The smallest absolute Gasteiger partial charge is 0.192 e. The third kappa shape index (κ3) is 2.47. The molecular weight excluding hydrogens is 262 g/mol. The maximum atomic E-state index is 14.1. The quantitative estimate of drug-likeness (QED) is 0.907. The predicted molar refractivity (Wildman–Crippen MR) is 75.5 cm³/mol. The van der Waals surface area contributed by atoms with Crippen LogP contribution in [0, 0.1) is 11.6 Å². The van der Waals surface area contributed by atoms with E-state index in [1.165, 1.54) is 18.2 Å². The van der Waals surface area contributed by atoms with Crippen LogP contribution in [0.2, 0.25) is 0 Å². The normalized spacial score (nSPS) is 22.5. The molecule has 1 atom stereocenters. The number of nitrogens with zero attached hydrogens (tertiary/aromatic N) is 3. The topological polar surface area (TPSA) is 44.9 Å². The van der Waals surface area contributed by atoms with Gasteiger partial charge in [0, 0.05) is 13.1 Å². The molecule has 0 amide bonds. The lowest BCUT2D eigenvalue weighted by Gasteiger charge is -2.37. The summed E-state index contributed by atoms with van der Waals surface area (Å²) in [5.41, 5.74) is 5.04. The van der Waals surface area contributed by atoms with Crippen LogP contribution < -0.4 is 5.73 Å². The van der Waals surface area contributed by atoms with E-state index in [0.29, 0.717) is 12.5 Å². The molecule has 1 unspecified atom stereocenters. The molecule has 0 bridgehead atoms. The average molecular weight is 282 g/mol. The Hall–Kier alpha value is -1.69. The Morgan fingerprint density at radius 3 is 2.50 bits per heavy atom. The van der Waals surface area contributed by atoms with Crippen molar-refractivity contribution in [3.05, 3.63) is 35.4 Å². The summed E-state index contributed by atoms with van der Waals surface area (Å²) in [7, 11) is 3.87. The molecule has 0 radical (unpaired) electrons. The SMILES string of the molecule is CN(C)CCN1C(N)=NCC1(C)c1c(F)cccc1F. The highest BCUT2D eigenvalue weighted by Crippen LogP contribution is 2.35. The Bertz CT molecular complexity index is 510. The van der Waals surface area contributed by atoms with Gasteiger partial charge in [0.25, 0.3) is 0 Å². The van der Waals surface area contributed by atoms with Gasteiger partial charge in [-0.1, -0.05) is 6.07 Å². The lowest BCUT2D eigenvalue weighted by Crippen LogP contribution is -2.50. The van der Waals surface area contributed by atoms with Crippen molar-refractivity contribution >= 4 is 5.96 Å². The number of benzene rings is 1. The molecule has 6 heteroatoms. The summed E-state index contributed by atoms with van der Waals surface area (Å²) in [6.45, 7) is 3.31. The summed E-state index contributed by atoms with van der Waals surface area (Å²) in [6.07, 6.45) is 0. The Labute approximate surface area is 117 Å². The zero-order valence-electron chi connectivity index (χ0n) is 12.0. The first-order valence-corrected chi connectivity index (χ1v) is 6.53. The minimum absolute atomic E-state index is 0.0305. The van der Waals surface area contributed by atoms with E-state index in [1.807, 2.05) is 19.0 Å². The monoisotopic (exact) mass is 282 g/mol. The highest BCUT2D eigenvalue weighted by Gasteiger charge is 2.42. The third-order valence-electron chi connectivity index (χ3n) is 3.69. The van der Waals surface area contributed by atoms with Crippen LogP contribution in [0.3, 0.4) is 0 Å². The molecule has 110 valence electrons. The Morgan fingerprint density at radius 1 is 1.35 bits per heavy atom. The van der Waals surface area contributed by atoms with Crippen LogP contribution in [0.4, 0.5) is 8.78 Å². The van der Waals surface area contributed by atoms with Crippen molar-refractivity contribution in [1.82, 2.24) is 9.80 Å². The van der Waals surface area contributed by atoms with Crippen LogP contribution in [-0.2, 0) is 5.54 Å². The number of likely N-dealkylation sites (N-methyl/N-ethyl adjacent to an activating group) is 1. The van der Waals surface area contributed by atoms with E-state index < -0.39 is 17.2 Å². The Morgan fingerprint density at radius 2 is 1.95 bits per heavy atom. The Kier molecular flexibility index (Phi) is 3.94. The summed E-state index contributed by atoms with van der Waals surface area (Å²) in [6, 6.07) is 3.89. The molecule has 1 aromatic rings. The third-order valence-corrected chi connectivity index (χ3v) is 3.69. The van der Waals surface area contributed by atoms with Gasteiger partial charge in [-0.15, -0.1) is 0 Å². The molecule has 0 saturated carbocycles. The molecule has 1 heterocycles. The number of nitrogens with two attached hydrogens (primary N) is 1. The van der Waals surface area contributed by atoms with E-state index >= 15 is 0 Å². The second kappa shape index (κ2) is 5.36. The van der Waals surface area contributed by atoms with Crippen molar-refractivity contribution in [3.8, 4) is 0 Å². The van der Waals surface area contributed by atoms with Crippen LogP contribution in [0.25, 0.3) is 0 Å². The van der Waals surface area contributed by atoms with Gasteiger partial charge >= 0.3 is 0 Å². The molecular formula is C14H20F2N4. The number of guanidine groups is 1. The van der Waals surface area contributed by atoms with Gasteiger partial charge in [-0.2, -0.15) is 0 Å². The van der Waals surface area contributed by atoms with E-state index in [2.05, 4.69) is 4.99 Å². The van der Waals surface area contributed by atoms with Gasteiger partial charge in [0.15, 0.2) is 5.96 Å². The van der Waals surface area contributed by atoms with Crippen molar-refractivity contribution in [1.29, 1.82) is 0 Å². The fourth-order valence-electron chi connectivity index (χ4n) is 2.55. The summed E-state index contributed by atoms with van der Waals surface area (Å²) in [5.74, 6) is -0.795. The van der Waals surface area contributed by atoms with E-state index in [0.717, 1.165) is 6.54 Å². The van der Waals surface area contributed by atoms with Crippen molar-refractivity contribution in [2.75, 3.05) is 33.7 Å². The zero-order valence-corrected chi connectivity index (χ0v) is 12.0. The molecule has 0 spiro atoms. The Balaban J connectivity index is 2.37. The number of halogens is 2.